The summed E-state index contributed by atoms with van der Waals surface area (Å²) in [6, 6.07) is 8.17. The van der Waals surface area contributed by atoms with Gasteiger partial charge in [0.05, 0.1) is 0 Å². The SMILES string of the molecule is Cc1ccccc1CCCN1CCCC1C(=O)O.Cl. The first-order valence-corrected chi connectivity index (χ1v) is 6.70. The number of aryl methyl sites for hydroxylation is 2. The van der Waals surface area contributed by atoms with Gasteiger partial charge in [0.25, 0.3) is 0 Å². The zero-order valence-electron chi connectivity index (χ0n) is 11.3. The first-order valence-electron chi connectivity index (χ1n) is 6.70. The van der Waals surface area contributed by atoms with Crippen LogP contribution in [0.25, 0.3) is 0 Å². The fourth-order valence-electron chi connectivity index (χ4n) is 2.74. The van der Waals surface area contributed by atoms with Gasteiger partial charge in [-0.05, 0) is 56.8 Å². The Bertz CT molecular complexity index is 422. The van der Waals surface area contributed by atoms with Crippen LogP contribution in [-0.4, -0.2) is 35.1 Å². The van der Waals surface area contributed by atoms with Crippen LogP contribution in [0.15, 0.2) is 24.3 Å². The zero-order valence-corrected chi connectivity index (χ0v) is 12.2. The smallest absolute Gasteiger partial charge is 0.320 e. The van der Waals surface area contributed by atoms with E-state index in [9.17, 15) is 4.79 Å². The van der Waals surface area contributed by atoms with Crippen molar-refractivity contribution in [2.45, 2.75) is 38.6 Å². The van der Waals surface area contributed by atoms with Crippen LogP contribution in [0.5, 0.6) is 0 Å². The average Bonchev–Trinajstić information content (AvgIpc) is 2.80. The van der Waals surface area contributed by atoms with E-state index >= 15 is 0 Å². The third-order valence-corrected chi connectivity index (χ3v) is 3.80. The van der Waals surface area contributed by atoms with Crippen molar-refractivity contribution in [1.29, 1.82) is 0 Å². The molecule has 0 radical (unpaired) electrons. The summed E-state index contributed by atoms with van der Waals surface area (Å²) in [4.78, 5) is 13.2. The van der Waals surface area contributed by atoms with Crippen LogP contribution >= 0.6 is 12.4 Å². The quantitative estimate of drug-likeness (QED) is 0.903. The van der Waals surface area contributed by atoms with E-state index in [1.807, 2.05) is 0 Å². The molecule has 0 amide bonds. The Morgan fingerprint density at radius 3 is 2.84 bits per heavy atom. The molecular weight excluding hydrogens is 262 g/mol. The summed E-state index contributed by atoms with van der Waals surface area (Å²) in [6.07, 6.45) is 3.89. The Labute approximate surface area is 121 Å². The van der Waals surface area contributed by atoms with Gasteiger partial charge in [-0.25, -0.2) is 0 Å². The van der Waals surface area contributed by atoms with Gasteiger partial charge >= 0.3 is 5.97 Å². The third kappa shape index (κ3) is 4.22. The van der Waals surface area contributed by atoms with Gasteiger partial charge in [-0.15, -0.1) is 12.4 Å². The lowest BCUT2D eigenvalue weighted by molar-refractivity contribution is -0.142. The molecule has 106 valence electrons. The number of likely N-dealkylation sites (tertiary alicyclic amines) is 1. The molecule has 19 heavy (non-hydrogen) atoms. The molecule has 1 atom stereocenters. The van der Waals surface area contributed by atoms with Gasteiger partial charge in [0, 0.05) is 0 Å². The number of halogens is 1. The molecule has 0 bridgehead atoms. The number of rotatable bonds is 5. The van der Waals surface area contributed by atoms with Crippen LogP contribution in [0.3, 0.4) is 0 Å². The summed E-state index contributed by atoms with van der Waals surface area (Å²) in [5, 5.41) is 9.10. The summed E-state index contributed by atoms with van der Waals surface area (Å²) >= 11 is 0. The van der Waals surface area contributed by atoms with Gasteiger partial charge in [-0.3, -0.25) is 9.69 Å². The van der Waals surface area contributed by atoms with Gasteiger partial charge in [-0.2, -0.15) is 0 Å². The molecule has 4 heteroatoms. The molecule has 1 saturated heterocycles. The zero-order chi connectivity index (χ0) is 13.0. The molecule has 0 spiro atoms. The molecule has 0 aliphatic carbocycles. The van der Waals surface area contributed by atoms with Crippen molar-refractivity contribution in [3.8, 4) is 0 Å². The Hall–Kier alpha value is -1.06. The molecule has 1 fully saturated rings. The molecule has 1 aromatic carbocycles. The second kappa shape index (κ2) is 7.51. The molecule has 1 aliphatic rings. The van der Waals surface area contributed by atoms with Crippen molar-refractivity contribution >= 4 is 18.4 Å². The summed E-state index contributed by atoms with van der Waals surface area (Å²) in [6.45, 7) is 3.96. The van der Waals surface area contributed by atoms with Crippen molar-refractivity contribution in [3.63, 3.8) is 0 Å². The molecule has 0 aromatic heterocycles. The maximum Gasteiger partial charge on any atom is 0.320 e. The number of carboxylic acids is 1. The number of aliphatic carboxylic acids is 1. The molecule has 0 saturated carbocycles. The maximum atomic E-state index is 11.1. The Kier molecular flexibility index (Phi) is 6.32. The maximum absolute atomic E-state index is 11.1. The summed E-state index contributed by atoms with van der Waals surface area (Å²) in [5.74, 6) is -0.664. The van der Waals surface area contributed by atoms with Crippen molar-refractivity contribution in [2.75, 3.05) is 13.1 Å². The molecule has 1 unspecified atom stereocenters. The highest BCUT2D eigenvalue weighted by molar-refractivity contribution is 5.85. The Morgan fingerprint density at radius 1 is 1.42 bits per heavy atom. The number of hydrogen-bond acceptors (Lipinski definition) is 2. The highest BCUT2D eigenvalue weighted by Crippen LogP contribution is 2.18. The molecule has 3 nitrogen and oxygen atoms in total. The van der Waals surface area contributed by atoms with E-state index in [2.05, 4.69) is 36.1 Å². The van der Waals surface area contributed by atoms with Crippen LogP contribution < -0.4 is 0 Å². The minimum Gasteiger partial charge on any atom is -0.480 e. The highest BCUT2D eigenvalue weighted by atomic mass is 35.5. The lowest BCUT2D eigenvalue weighted by atomic mass is 10.0. The summed E-state index contributed by atoms with van der Waals surface area (Å²) < 4.78 is 0. The van der Waals surface area contributed by atoms with Gasteiger partial charge in [0.2, 0.25) is 0 Å². The van der Waals surface area contributed by atoms with Crippen molar-refractivity contribution in [2.24, 2.45) is 0 Å². The van der Waals surface area contributed by atoms with E-state index in [0.29, 0.717) is 0 Å². The van der Waals surface area contributed by atoms with Crippen LogP contribution in [-0.2, 0) is 11.2 Å². The van der Waals surface area contributed by atoms with E-state index < -0.39 is 5.97 Å². The van der Waals surface area contributed by atoms with Crippen molar-refractivity contribution in [3.05, 3.63) is 35.4 Å². The fourth-order valence-corrected chi connectivity index (χ4v) is 2.74. The van der Waals surface area contributed by atoms with E-state index in [-0.39, 0.29) is 18.4 Å². The van der Waals surface area contributed by atoms with Gasteiger partial charge < -0.3 is 5.11 Å². The second-order valence-electron chi connectivity index (χ2n) is 5.06. The fraction of sp³-hybridized carbons (Fsp3) is 0.533. The monoisotopic (exact) mass is 283 g/mol. The molecule has 1 aliphatic heterocycles. The third-order valence-electron chi connectivity index (χ3n) is 3.80. The van der Waals surface area contributed by atoms with E-state index in [4.69, 9.17) is 5.11 Å². The first kappa shape index (κ1) is 16.0. The summed E-state index contributed by atoms with van der Waals surface area (Å²) in [5.41, 5.74) is 2.71. The Morgan fingerprint density at radius 2 is 2.16 bits per heavy atom. The lowest BCUT2D eigenvalue weighted by Crippen LogP contribution is -2.36. The predicted octanol–water partition coefficient (Wildman–Crippen LogP) is 2.90. The van der Waals surface area contributed by atoms with Crippen LogP contribution in [0.2, 0.25) is 0 Å². The minimum atomic E-state index is -0.664. The first-order chi connectivity index (χ1) is 8.68. The van der Waals surface area contributed by atoms with E-state index in [1.54, 1.807) is 0 Å². The average molecular weight is 284 g/mol. The van der Waals surface area contributed by atoms with E-state index in [0.717, 1.165) is 38.8 Å². The molecule has 1 aromatic rings. The highest BCUT2D eigenvalue weighted by Gasteiger charge is 2.29. The largest absolute Gasteiger partial charge is 0.480 e. The summed E-state index contributed by atoms with van der Waals surface area (Å²) in [7, 11) is 0. The lowest BCUT2D eigenvalue weighted by Gasteiger charge is -2.20. The van der Waals surface area contributed by atoms with E-state index in [1.165, 1.54) is 11.1 Å². The Balaban J connectivity index is 0.00000180. The normalized spacial score (nSPS) is 19.1. The predicted molar refractivity (Wildman–Crippen MR) is 79.0 cm³/mol. The second-order valence-corrected chi connectivity index (χ2v) is 5.06. The molecule has 2 rings (SSSR count). The van der Waals surface area contributed by atoms with Crippen LogP contribution in [0.1, 0.15) is 30.4 Å². The van der Waals surface area contributed by atoms with Crippen molar-refractivity contribution < 1.29 is 9.90 Å². The van der Waals surface area contributed by atoms with Gasteiger partial charge in [-0.1, -0.05) is 24.3 Å². The molecule has 1 N–H and O–H groups in total. The van der Waals surface area contributed by atoms with Gasteiger partial charge in [0.1, 0.15) is 6.04 Å². The topological polar surface area (TPSA) is 40.5 Å². The van der Waals surface area contributed by atoms with Crippen LogP contribution in [0, 0.1) is 6.92 Å². The standard InChI is InChI=1S/C15H21NO2.ClH/c1-12-6-2-3-7-13(12)8-4-10-16-11-5-9-14(16)15(17)18;/h2-3,6-7,14H,4-5,8-11H2,1H3,(H,17,18);1H. The number of nitrogens with zero attached hydrogens (tertiary/aromatic N) is 1. The molecular formula is C15H22ClNO2. The number of carbonyl (C=O) groups is 1. The van der Waals surface area contributed by atoms with Crippen molar-refractivity contribution in [1.82, 2.24) is 4.90 Å². The minimum absolute atomic E-state index is 0. The number of carboxylic acid groups (broad SMARTS) is 1. The number of benzene rings is 1. The van der Waals surface area contributed by atoms with Gasteiger partial charge in [0.15, 0.2) is 0 Å². The molecule has 1 heterocycles. The number of hydrogen-bond donors (Lipinski definition) is 1. The van der Waals surface area contributed by atoms with Crippen LogP contribution in [0.4, 0.5) is 0 Å².